The van der Waals surface area contributed by atoms with Crippen LogP contribution < -0.4 is 10.3 Å². The van der Waals surface area contributed by atoms with Crippen molar-refractivity contribution in [1.82, 2.24) is 35.4 Å². The molecule has 9 nitrogen and oxygen atoms in total. The molecule has 0 spiro atoms. The van der Waals surface area contributed by atoms with Crippen molar-refractivity contribution >= 4 is 0 Å². The Bertz CT molecular complexity index is 1420. The normalized spacial score (nSPS) is 12.2. The minimum Gasteiger partial charge on any atom is -0.494 e. The fourth-order valence-corrected chi connectivity index (χ4v) is 3.62. The number of benzene rings is 1. The molecule has 4 rings (SSSR count). The van der Waals surface area contributed by atoms with E-state index in [1.807, 2.05) is 6.92 Å². The molecule has 0 aliphatic rings. The number of halogens is 6. The summed E-state index contributed by atoms with van der Waals surface area (Å²) in [5.41, 5.74) is -2.04. The Kier molecular flexibility index (Phi) is 7.05. The van der Waals surface area contributed by atoms with Gasteiger partial charge in [0.15, 0.2) is 0 Å². The summed E-state index contributed by atoms with van der Waals surface area (Å²) < 4.78 is 85.6. The fraction of sp³-hybridized carbons (Fsp3) is 0.318. The number of H-pyrrole nitrogens is 2. The van der Waals surface area contributed by atoms with Gasteiger partial charge >= 0.3 is 12.4 Å². The lowest BCUT2D eigenvalue weighted by Gasteiger charge is -2.16. The van der Waals surface area contributed by atoms with Gasteiger partial charge < -0.3 is 9.72 Å². The minimum absolute atomic E-state index is 0.0444. The molecule has 0 aliphatic carbocycles. The molecule has 0 fully saturated rings. The first-order chi connectivity index (χ1) is 17.5. The monoisotopic (exact) mass is 527 g/mol. The Labute approximate surface area is 204 Å². The van der Waals surface area contributed by atoms with Crippen LogP contribution in [0.15, 0.2) is 41.3 Å². The third kappa shape index (κ3) is 5.98. The number of nitrogens with zero attached hydrogens (tertiary/aromatic N) is 5. The summed E-state index contributed by atoms with van der Waals surface area (Å²) in [4.78, 5) is 15.5. The molecular formula is C22H19F6N7O2. The molecule has 3 heterocycles. The van der Waals surface area contributed by atoms with Crippen LogP contribution >= 0.6 is 0 Å². The van der Waals surface area contributed by atoms with Crippen LogP contribution in [0.25, 0.3) is 33.9 Å². The van der Waals surface area contributed by atoms with Gasteiger partial charge in [-0.2, -0.15) is 36.7 Å². The number of hydrogen-bond acceptors (Lipinski definition) is 6. The molecule has 0 aliphatic heterocycles. The van der Waals surface area contributed by atoms with Gasteiger partial charge in [-0.25, -0.2) is 0 Å². The van der Waals surface area contributed by atoms with Crippen molar-refractivity contribution in [2.75, 3.05) is 6.61 Å². The Morgan fingerprint density at radius 3 is 2.46 bits per heavy atom. The molecule has 0 atom stereocenters. The molecule has 0 bridgehead atoms. The van der Waals surface area contributed by atoms with Crippen LogP contribution in [0.1, 0.15) is 25.3 Å². The van der Waals surface area contributed by atoms with E-state index in [1.54, 1.807) is 16.9 Å². The van der Waals surface area contributed by atoms with Gasteiger partial charge in [0.2, 0.25) is 5.82 Å². The average Bonchev–Trinajstić information content (AvgIpc) is 3.52. The Hall–Kier alpha value is -4.17. The molecule has 0 saturated carbocycles. The largest absolute Gasteiger partial charge is 0.494 e. The smallest absolute Gasteiger partial charge is 0.417 e. The summed E-state index contributed by atoms with van der Waals surface area (Å²) in [6.07, 6.45) is -9.16. The van der Waals surface area contributed by atoms with Crippen molar-refractivity contribution in [2.24, 2.45) is 0 Å². The van der Waals surface area contributed by atoms with E-state index in [1.165, 1.54) is 12.1 Å². The van der Waals surface area contributed by atoms with Gasteiger partial charge in [0.25, 0.3) is 5.56 Å². The van der Waals surface area contributed by atoms with Crippen molar-refractivity contribution in [1.29, 1.82) is 0 Å². The first-order valence-corrected chi connectivity index (χ1v) is 10.9. The van der Waals surface area contributed by atoms with Crippen molar-refractivity contribution in [3.05, 3.63) is 52.4 Å². The van der Waals surface area contributed by atoms with Crippen molar-refractivity contribution in [3.8, 4) is 39.7 Å². The van der Waals surface area contributed by atoms with Gasteiger partial charge in [0.05, 0.1) is 23.4 Å². The molecule has 15 heteroatoms. The van der Waals surface area contributed by atoms with Crippen molar-refractivity contribution in [3.63, 3.8) is 0 Å². The first-order valence-electron chi connectivity index (χ1n) is 10.9. The van der Waals surface area contributed by atoms with E-state index < -0.39 is 42.9 Å². The average molecular weight is 527 g/mol. The second-order valence-corrected chi connectivity index (χ2v) is 7.87. The molecule has 0 unspecified atom stereocenters. The first kappa shape index (κ1) is 25.9. The maximum absolute atomic E-state index is 14.0. The molecule has 37 heavy (non-hydrogen) atoms. The molecule has 3 aromatic heterocycles. The Balaban J connectivity index is 1.78. The lowest BCUT2D eigenvalue weighted by Crippen LogP contribution is -2.15. The second kappa shape index (κ2) is 10.1. The number of nitrogens with one attached hydrogen (secondary N) is 2. The zero-order chi connectivity index (χ0) is 26.8. The van der Waals surface area contributed by atoms with E-state index in [9.17, 15) is 31.1 Å². The predicted molar refractivity (Wildman–Crippen MR) is 118 cm³/mol. The molecule has 0 amide bonds. The van der Waals surface area contributed by atoms with E-state index >= 15 is 0 Å². The molecule has 0 saturated heterocycles. The summed E-state index contributed by atoms with van der Waals surface area (Å²) in [6.45, 7) is 1.93. The van der Waals surface area contributed by atoms with Gasteiger partial charge in [0.1, 0.15) is 5.75 Å². The molecule has 1 aromatic carbocycles. The van der Waals surface area contributed by atoms with Gasteiger partial charge in [0, 0.05) is 36.0 Å². The van der Waals surface area contributed by atoms with Crippen LogP contribution in [-0.2, 0) is 12.7 Å². The number of rotatable bonds is 8. The quantitative estimate of drug-likeness (QED) is 0.250. The summed E-state index contributed by atoms with van der Waals surface area (Å²) >= 11 is 0. The Morgan fingerprint density at radius 2 is 1.84 bits per heavy atom. The van der Waals surface area contributed by atoms with Crippen LogP contribution in [0.3, 0.4) is 0 Å². The summed E-state index contributed by atoms with van der Waals surface area (Å²) in [5, 5.41) is 17.6. The van der Waals surface area contributed by atoms with Crippen LogP contribution in [0.5, 0.6) is 5.75 Å². The topological polar surface area (TPSA) is 114 Å². The summed E-state index contributed by atoms with van der Waals surface area (Å²) in [5.74, 6) is -0.335. The highest BCUT2D eigenvalue weighted by Gasteiger charge is 2.35. The van der Waals surface area contributed by atoms with E-state index in [-0.39, 0.29) is 34.0 Å². The third-order valence-corrected chi connectivity index (χ3v) is 5.30. The molecule has 2 N–H and O–H groups in total. The highest BCUT2D eigenvalue weighted by Crippen LogP contribution is 2.40. The zero-order valence-corrected chi connectivity index (χ0v) is 19.1. The molecule has 196 valence electrons. The van der Waals surface area contributed by atoms with Gasteiger partial charge in [-0.15, -0.1) is 10.2 Å². The number of aromatic amines is 2. The summed E-state index contributed by atoms with van der Waals surface area (Å²) in [7, 11) is 0. The Morgan fingerprint density at radius 1 is 1.05 bits per heavy atom. The van der Waals surface area contributed by atoms with Gasteiger partial charge in [-0.3, -0.25) is 9.48 Å². The maximum atomic E-state index is 14.0. The van der Waals surface area contributed by atoms with Crippen LogP contribution in [-0.4, -0.2) is 48.2 Å². The van der Waals surface area contributed by atoms with E-state index in [2.05, 4.69) is 30.7 Å². The van der Waals surface area contributed by atoms with E-state index in [0.717, 1.165) is 6.07 Å². The van der Waals surface area contributed by atoms with Gasteiger partial charge in [-0.05, 0) is 48.9 Å². The number of aryl methyl sites for hydroxylation is 1. The number of ether oxygens (including phenoxy) is 1. The molecular weight excluding hydrogens is 508 g/mol. The molecule has 0 radical (unpaired) electrons. The minimum atomic E-state index is -4.87. The standard InChI is InChI=1S/C22H19F6N7O2/c1-2-35-8-6-16(32-35)14-11-17(29-20(36)18(14)19-30-33-34-31-19)13-5-4-12(10-15(13)22(26,27)28)37-9-3-7-21(23,24)25/h4-6,8,10-11H,2-3,7,9H2,1H3,(H,29,36)(H,30,31,33,34). The SMILES string of the molecule is CCn1ccc(-c2cc(-c3ccc(OCCCC(F)(F)F)cc3C(F)(F)F)[nH]c(=O)c2-c2nn[nH]n2)n1. The number of hydrogen-bond donors (Lipinski definition) is 2. The van der Waals surface area contributed by atoms with Crippen molar-refractivity contribution in [2.45, 2.75) is 38.7 Å². The zero-order valence-electron chi connectivity index (χ0n) is 19.1. The van der Waals surface area contributed by atoms with E-state index in [4.69, 9.17) is 4.74 Å². The van der Waals surface area contributed by atoms with Crippen LogP contribution in [0, 0.1) is 0 Å². The fourth-order valence-electron chi connectivity index (χ4n) is 3.62. The lowest BCUT2D eigenvalue weighted by atomic mass is 9.98. The van der Waals surface area contributed by atoms with Gasteiger partial charge in [-0.1, -0.05) is 0 Å². The predicted octanol–water partition coefficient (Wildman–Crippen LogP) is 4.85. The number of alkyl halides is 6. The third-order valence-electron chi connectivity index (χ3n) is 5.30. The molecule has 4 aromatic rings. The van der Waals surface area contributed by atoms with Crippen molar-refractivity contribution < 1.29 is 31.1 Å². The number of aromatic nitrogens is 7. The number of pyridine rings is 1. The highest BCUT2D eigenvalue weighted by atomic mass is 19.4. The summed E-state index contributed by atoms with van der Waals surface area (Å²) in [6, 6.07) is 5.86. The number of tetrazole rings is 1. The maximum Gasteiger partial charge on any atom is 0.417 e. The van der Waals surface area contributed by atoms with Crippen LogP contribution in [0.4, 0.5) is 26.3 Å². The van der Waals surface area contributed by atoms with Crippen LogP contribution in [0.2, 0.25) is 0 Å². The second-order valence-electron chi connectivity index (χ2n) is 7.87. The van der Waals surface area contributed by atoms with E-state index in [0.29, 0.717) is 18.3 Å². The lowest BCUT2D eigenvalue weighted by molar-refractivity contribution is -0.137. The highest BCUT2D eigenvalue weighted by molar-refractivity contribution is 5.82.